The SMILES string of the molecule is CC(=O)CSC(C)c1ccc(C(C)C)cc1. The fourth-order valence-corrected chi connectivity index (χ4v) is 2.32. The summed E-state index contributed by atoms with van der Waals surface area (Å²) < 4.78 is 0. The van der Waals surface area contributed by atoms with Gasteiger partial charge >= 0.3 is 0 Å². The van der Waals surface area contributed by atoms with Crippen molar-refractivity contribution in [2.75, 3.05) is 5.75 Å². The molecular formula is C14H20OS. The molecule has 0 saturated carbocycles. The number of benzene rings is 1. The molecule has 0 heterocycles. The van der Waals surface area contributed by atoms with Gasteiger partial charge < -0.3 is 0 Å². The van der Waals surface area contributed by atoms with Gasteiger partial charge in [0.2, 0.25) is 0 Å². The number of carbonyl (C=O) groups excluding carboxylic acids is 1. The smallest absolute Gasteiger partial charge is 0.139 e. The first-order valence-corrected chi connectivity index (χ1v) is 6.76. The van der Waals surface area contributed by atoms with Gasteiger partial charge in [-0.3, -0.25) is 4.79 Å². The lowest BCUT2D eigenvalue weighted by atomic mass is 10.0. The average molecular weight is 236 g/mol. The van der Waals surface area contributed by atoms with Gasteiger partial charge in [-0.15, -0.1) is 11.8 Å². The lowest BCUT2D eigenvalue weighted by Crippen LogP contribution is -1.97. The normalized spacial score (nSPS) is 12.8. The van der Waals surface area contributed by atoms with Crippen molar-refractivity contribution in [1.29, 1.82) is 0 Å². The largest absolute Gasteiger partial charge is 0.299 e. The van der Waals surface area contributed by atoms with Crippen molar-refractivity contribution in [1.82, 2.24) is 0 Å². The minimum Gasteiger partial charge on any atom is -0.299 e. The molecule has 0 bridgehead atoms. The highest BCUT2D eigenvalue weighted by atomic mass is 32.2. The molecular weight excluding hydrogens is 216 g/mol. The Bertz CT molecular complexity index is 340. The Kier molecular flexibility index (Phi) is 5.07. The van der Waals surface area contributed by atoms with Crippen LogP contribution in [0, 0.1) is 0 Å². The fraction of sp³-hybridized carbons (Fsp3) is 0.500. The first-order chi connectivity index (χ1) is 7.50. The van der Waals surface area contributed by atoms with Gasteiger partial charge in [0.05, 0.1) is 5.75 Å². The highest BCUT2D eigenvalue weighted by Gasteiger charge is 2.07. The first-order valence-electron chi connectivity index (χ1n) is 5.71. The van der Waals surface area contributed by atoms with Gasteiger partial charge in [-0.2, -0.15) is 0 Å². The highest BCUT2D eigenvalue weighted by molar-refractivity contribution is 8.00. The summed E-state index contributed by atoms with van der Waals surface area (Å²) in [5.41, 5.74) is 2.67. The summed E-state index contributed by atoms with van der Waals surface area (Å²) in [6.07, 6.45) is 0. The van der Waals surface area contributed by atoms with E-state index in [1.54, 1.807) is 18.7 Å². The van der Waals surface area contributed by atoms with Crippen molar-refractivity contribution in [3.63, 3.8) is 0 Å². The fourth-order valence-electron chi connectivity index (χ4n) is 1.49. The Morgan fingerprint density at radius 1 is 1.12 bits per heavy atom. The second-order valence-electron chi connectivity index (χ2n) is 4.48. The molecule has 0 aliphatic heterocycles. The summed E-state index contributed by atoms with van der Waals surface area (Å²) in [4.78, 5) is 10.9. The van der Waals surface area contributed by atoms with Crippen molar-refractivity contribution >= 4 is 17.5 Å². The molecule has 0 aliphatic rings. The van der Waals surface area contributed by atoms with E-state index in [1.165, 1.54) is 11.1 Å². The van der Waals surface area contributed by atoms with E-state index in [-0.39, 0.29) is 5.78 Å². The zero-order chi connectivity index (χ0) is 12.1. The van der Waals surface area contributed by atoms with E-state index >= 15 is 0 Å². The van der Waals surface area contributed by atoms with Crippen molar-refractivity contribution in [3.05, 3.63) is 35.4 Å². The molecule has 0 N–H and O–H groups in total. The molecule has 1 aromatic carbocycles. The first kappa shape index (κ1) is 13.3. The van der Waals surface area contributed by atoms with Gasteiger partial charge in [0.15, 0.2) is 0 Å². The summed E-state index contributed by atoms with van der Waals surface area (Å²) >= 11 is 1.70. The monoisotopic (exact) mass is 236 g/mol. The number of carbonyl (C=O) groups is 1. The third-order valence-electron chi connectivity index (χ3n) is 2.61. The minimum atomic E-state index is 0.246. The summed E-state index contributed by atoms with van der Waals surface area (Å²) in [5, 5.41) is 0.394. The maximum atomic E-state index is 10.9. The second-order valence-corrected chi connectivity index (χ2v) is 5.81. The molecule has 88 valence electrons. The molecule has 1 atom stereocenters. The standard InChI is InChI=1S/C14H20OS/c1-10(2)13-5-7-14(8-6-13)12(4)16-9-11(3)15/h5-8,10,12H,9H2,1-4H3. The Morgan fingerprint density at radius 3 is 2.06 bits per heavy atom. The molecule has 2 heteroatoms. The predicted molar refractivity (Wildman–Crippen MR) is 72.1 cm³/mol. The van der Waals surface area contributed by atoms with E-state index in [4.69, 9.17) is 0 Å². The Hall–Kier alpha value is -0.760. The molecule has 1 nitrogen and oxygen atoms in total. The van der Waals surface area contributed by atoms with E-state index < -0.39 is 0 Å². The van der Waals surface area contributed by atoms with Gasteiger partial charge in [-0.05, 0) is 30.9 Å². The number of thioether (sulfide) groups is 1. The number of hydrogen-bond acceptors (Lipinski definition) is 2. The summed E-state index contributed by atoms with van der Waals surface area (Å²) in [5.74, 6) is 1.43. The number of hydrogen-bond donors (Lipinski definition) is 0. The van der Waals surface area contributed by atoms with Crippen LogP contribution in [0.5, 0.6) is 0 Å². The van der Waals surface area contributed by atoms with Crippen LogP contribution in [0.3, 0.4) is 0 Å². The Morgan fingerprint density at radius 2 is 1.62 bits per heavy atom. The minimum absolute atomic E-state index is 0.246. The summed E-state index contributed by atoms with van der Waals surface area (Å²) in [6, 6.07) is 8.72. The molecule has 0 fully saturated rings. The Labute approximate surface area is 103 Å². The van der Waals surface area contributed by atoms with Crippen LogP contribution >= 0.6 is 11.8 Å². The molecule has 0 radical (unpaired) electrons. The Balaban J connectivity index is 2.62. The van der Waals surface area contributed by atoms with Crippen LogP contribution in [0.15, 0.2) is 24.3 Å². The molecule has 0 aromatic heterocycles. The van der Waals surface area contributed by atoms with Gasteiger partial charge in [-0.1, -0.05) is 38.1 Å². The van der Waals surface area contributed by atoms with Crippen LogP contribution in [0.2, 0.25) is 0 Å². The van der Waals surface area contributed by atoms with E-state index in [2.05, 4.69) is 45.0 Å². The van der Waals surface area contributed by atoms with Crippen molar-refractivity contribution in [3.8, 4) is 0 Å². The molecule has 0 saturated heterocycles. The topological polar surface area (TPSA) is 17.1 Å². The lowest BCUT2D eigenvalue weighted by Gasteiger charge is -2.12. The molecule has 1 aromatic rings. The third-order valence-corrected chi connectivity index (χ3v) is 3.95. The van der Waals surface area contributed by atoms with Crippen LogP contribution in [-0.4, -0.2) is 11.5 Å². The van der Waals surface area contributed by atoms with E-state index in [0.717, 1.165) is 0 Å². The van der Waals surface area contributed by atoms with Crippen LogP contribution in [0.4, 0.5) is 0 Å². The van der Waals surface area contributed by atoms with Crippen molar-refractivity contribution in [2.45, 2.75) is 38.9 Å². The predicted octanol–water partition coefficient (Wildman–Crippen LogP) is 4.19. The van der Waals surface area contributed by atoms with Crippen molar-refractivity contribution in [2.24, 2.45) is 0 Å². The highest BCUT2D eigenvalue weighted by Crippen LogP contribution is 2.29. The zero-order valence-electron chi connectivity index (χ0n) is 10.5. The van der Waals surface area contributed by atoms with E-state index in [0.29, 0.717) is 16.9 Å². The lowest BCUT2D eigenvalue weighted by molar-refractivity contribution is -0.114. The molecule has 0 aliphatic carbocycles. The van der Waals surface area contributed by atoms with Crippen LogP contribution < -0.4 is 0 Å². The van der Waals surface area contributed by atoms with Gasteiger partial charge in [-0.25, -0.2) is 0 Å². The van der Waals surface area contributed by atoms with Gasteiger partial charge in [0, 0.05) is 5.25 Å². The van der Waals surface area contributed by atoms with Crippen LogP contribution in [0.25, 0.3) is 0 Å². The summed E-state index contributed by atoms with van der Waals surface area (Å²) in [6.45, 7) is 8.19. The maximum Gasteiger partial charge on any atom is 0.139 e. The molecule has 0 spiro atoms. The summed E-state index contributed by atoms with van der Waals surface area (Å²) in [7, 11) is 0. The quantitative estimate of drug-likeness (QED) is 0.762. The van der Waals surface area contributed by atoms with E-state index in [1.807, 2.05) is 0 Å². The second kappa shape index (κ2) is 6.09. The zero-order valence-corrected chi connectivity index (χ0v) is 11.3. The molecule has 0 amide bonds. The number of rotatable bonds is 5. The molecule has 1 unspecified atom stereocenters. The number of Topliss-reactive ketones (excluding diaryl/α,β-unsaturated/α-hetero) is 1. The van der Waals surface area contributed by atoms with Gasteiger partial charge in [0.25, 0.3) is 0 Å². The third kappa shape index (κ3) is 4.01. The van der Waals surface area contributed by atoms with Gasteiger partial charge in [0.1, 0.15) is 5.78 Å². The molecule has 1 rings (SSSR count). The maximum absolute atomic E-state index is 10.9. The van der Waals surface area contributed by atoms with Crippen LogP contribution in [-0.2, 0) is 4.79 Å². The average Bonchev–Trinajstić information content (AvgIpc) is 2.26. The van der Waals surface area contributed by atoms with Crippen molar-refractivity contribution < 1.29 is 4.79 Å². The van der Waals surface area contributed by atoms with Crippen LogP contribution in [0.1, 0.15) is 50.0 Å². The van der Waals surface area contributed by atoms with E-state index in [9.17, 15) is 4.79 Å². The molecule has 16 heavy (non-hydrogen) atoms. The number of ketones is 1.